The Bertz CT molecular complexity index is 2130. The van der Waals surface area contributed by atoms with E-state index in [0.717, 1.165) is 0 Å². The summed E-state index contributed by atoms with van der Waals surface area (Å²) in [6, 6.07) is 18.8. The topological polar surface area (TPSA) is 279 Å². The molecule has 0 aromatic heterocycles. The van der Waals surface area contributed by atoms with E-state index in [0.29, 0.717) is 16.7 Å². The average molecular weight is 935 g/mol. The van der Waals surface area contributed by atoms with Gasteiger partial charge in [0.05, 0.1) is 18.3 Å². The first kappa shape index (κ1) is 55.9. The van der Waals surface area contributed by atoms with Crippen LogP contribution in [0.2, 0.25) is 0 Å². The Kier molecular flexibility index (Phi) is 19.4. The molecule has 0 aliphatic rings. The predicted molar refractivity (Wildman–Crippen MR) is 229 cm³/mol. The third-order valence-electron chi connectivity index (χ3n) is 7.47. The summed E-state index contributed by atoms with van der Waals surface area (Å²) in [5, 5.41) is 0. The van der Waals surface area contributed by atoms with Crippen LogP contribution in [-0.2, 0) is 59.5 Å². The van der Waals surface area contributed by atoms with Crippen LogP contribution in [-0.4, -0.2) is 64.1 Å². The molecule has 3 rings (SSSR count). The summed E-state index contributed by atoms with van der Waals surface area (Å²) >= 11 is 0. The zero-order chi connectivity index (χ0) is 48.3. The zero-order valence-electron chi connectivity index (χ0n) is 37.3. The second kappa shape index (κ2) is 21.5. The van der Waals surface area contributed by atoms with Crippen LogP contribution >= 0.6 is 23.5 Å². The molecule has 62 heavy (non-hydrogen) atoms. The van der Waals surface area contributed by atoms with Gasteiger partial charge >= 0.3 is 41.4 Å². The number of phosphoric acid groups is 3. The first-order chi connectivity index (χ1) is 27.7. The van der Waals surface area contributed by atoms with Gasteiger partial charge in [-0.3, -0.25) is 43.7 Å². The molecule has 0 spiro atoms. The molecule has 0 saturated heterocycles. The lowest BCUT2D eigenvalue weighted by Crippen LogP contribution is -2.37. The van der Waals surface area contributed by atoms with E-state index in [-0.39, 0.29) is 36.1 Å². The summed E-state index contributed by atoms with van der Waals surface area (Å²) in [7, 11) is -14.0. The van der Waals surface area contributed by atoms with Crippen molar-refractivity contribution >= 4 is 41.4 Å². The van der Waals surface area contributed by atoms with Crippen LogP contribution in [0.1, 0.15) is 113 Å². The van der Waals surface area contributed by atoms with Gasteiger partial charge in [0.25, 0.3) is 0 Å². The number of ether oxygens (including phenoxy) is 3. The largest absolute Gasteiger partial charge is 0.524 e. The van der Waals surface area contributed by atoms with Gasteiger partial charge in [0.2, 0.25) is 0 Å². The number of hydrogen-bond acceptors (Lipinski definition) is 12. The number of hydrogen-bond donors (Lipinski definition) is 6. The molecule has 3 aromatic rings. The second-order valence-electron chi connectivity index (χ2n) is 17.9. The highest BCUT2D eigenvalue weighted by atomic mass is 31.2. The fourth-order valence-electron chi connectivity index (χ4n) is 5.17. The van der Waals surface area contributed by atoms with Gasteiger partial charge in [-0.1, -0.05) is 68.4 Å². The maximum atomic E-state index is 12.3. The van der Waals surface area contributed by atoms with E-state index in [1.165, 1.54) is 18.2 Å². The number of rotatable bonds is 13. The summed E-state index contributed by atoms with van der Waals surface area (Å²) in [6.45, 7) is 22.6. The van der Waals surface area contributed by atoms with Crippen molar-refractivity contribution in [2.75, 3.05) is 0 Å². The zero-order valence-corrected chi connectivity index (χ0v) is 39.9. The molecule has 0 aliphatic heterocycles. The van der Waals surface area contributed by atoms with Crippen LogP contribution in [0.3, 0.4) is 0 Å². The Hall–Kier alpha value is -4.08. The van der Waals surface area contributed by atoms with Crippen LogP contribution in [0.5, 0.6) is 17.2 Å². The summed E-state index contributed by atoms with van der Waals surface area (Å²) in [5.41, 5.74) is -2.43. The van der Waals surface area contributed by atoms with E-state index in [1.54, 1.807) is 145 Å². The summed E-state index contributed by atoms with van der Waals surface area (Å²) in [4.78, 5) is 89.5. The lowest BCUT2D eigenvalue weighted by atomic mass is 9.81. The van der Waals surface area contributed by atoms with Crippen molar-refractivity contribution in [2.45, 2.75) is 130 Å². The molecule has 6 N–H and O–H groups in total. The molecule has 18 nitrogen and oxygen atoms in total. The van der Waals surface area contributed by atoms with Gasteiger partial charge in [-0.15, -0.1) is 0 Å². The van der Waals surface area contributed by atoms with Crippen LogP contribution in [0.15, 0.2) is 72.8 Å². The molecule has 0 atom stereocenters. The molecule has 21 heteroatoms. The Morgan fingerprint density at radius 2 is 0.806 bits per heavy atom. The number of phosphoric ester groups is 3. The maximum Gasteiger partial charge on any atom is 0.524 e. The standard InChI is InChI=1S/C15H23O6P.C14H21O6P.C12H17O6P/c1-14(2,3)20-13(16)10-15(4,5)11-8-6-7-9-12(11)21-22(17,18)19;1-13(2,3)19-12(15)14(4,5)10-8-6-7-9-11(10)20-21(16,17)18;1-12(2,3)17-11(13)8-9-6-4-5-7-10(9)18-19(14,15)16/h6-9H,10H2,1-5H3,(H2,17,18,19);6-9H,1-5H3,(H2,16,17,18);4-7H,8H2,1-3H3,(H2,14,15,16). The lowest BCUT2D eigenvalue weighted by Gasteiger charge is -2.29. The van der Waals surface area contributed by atoms with Gasteiger partial charge in [0.1, 0.15) is 34.1 Å². The predicted octanol–water partition coefficient (Wildman–Crippen LogP) is 7.99. The monoisotopic (exact) mass is 934 g/mol. The van der Waals surface area contributed by atoms with Gasteiger partial charge in [0.15, 0.2) is 0 Å². The molecule has 0 fully saturated rings. The SMILES string of the molecule is CC(C)(C)OC(=O)C(C)(C)c1ccccc1OP(=O)(O)O.CC(C)(C)OC(=O)CC(C)(C)c1ccccc1OP(=O)(O)O.CC(C)(C)OC(=O)Cc1ccccc1OP(=O)(O)O. The van der Waals surface area contributed by atoms with Crippen molar-refractivity contribution in [1.29, 1.82) is 0 Å². The van der Waals surface area contributed by atoms with Crippen molar-refractivity contribution in [3.8, 4) is 17.2 Å². The van der Waals surface area contributed by atoms with Crippen molar-refractivity contribution in [1.82, 2.24) is 0 Å². The fraction of sp³-hybridized carbons (Fsp3) is 0.488. The van der Waals surface area contributed by atoms with Crippen LogP contribution in [0.25, 0.3) is 0 Å². The summed E-state index contributed by atoms with van der Waals surface area (Å²) in [5.74, 6) is -1.39. The number of carbonyl (C=O) groups is 3. The summed E-state index contributed by atoms with van der Waals surface area (Å²) in [6.07, 6.45) is -0.0563. The van der Waals surface area contributed by atoms with Crippen LogP contribution < -0.4 is 13.6 Å². The molecular weight excluding hydrogens is 873 g/mol. The molecule has 0 amide bonds. The molecule has 3 aromatic carbocycles. The fourth-order valence-corrected chi connectivity index (χ4v) is 6.44. The van der Waals surface area contributed by atoms with E-state index in [1.807, 2.05) is 0 Å². The average Bonchev–Trinajstić information content (AvgIpc) is 3.01. The minimum atomic E-state index is -4.71. The van der Waals surface area contributed by atoms with E-state index < -0.39 is 63.0 Å². The van der Waals surface area contributed by atoms with Gasteiger partial charge in [0, 0.05) is 22.1 Å². The van der Waals surface area contributed by atoms with Crippen molar-refractivity contribution < 1.29 is 85.2 Å². The third-order valence-corrected chi connectivity index (χ3v) is 8.77. The van der Waals surface area contributed by atoms with Crippen LogP contribution in [0.4, 0.5) is 0 Å². The molecule has 0 heterocycles. The number of para-hydroxylation sites is 3. The number of carbonyl (C=O) groups excluding carboxylic acids is 3. The van der Waals surface area contributed by atoms with E-state index >= 15 is 0 Å². The van der Waals surface area contributed by atoms with Gasteiger partial charge < -0.3 is 27.8 Å². The van der Waals surface area contributed by atoms with Gasteiger partial charge in [-0.25, -0.2) is 13.7 Å². The van der Waals surface area contributed by atoms with Gasteiger partial charge in [-0.05, 0) is 94.4 Å². The Morgan fingerprint density at radius 3 is 1.23 bits per heavy atom. The normalized spacial score (nSPS) is 12.6. The Balaban J connectivity index is 0.000000466. The Morgan fingerprint density at radius 1 is 0.468 bits per heavy atom. The van der Waals surface area contributed by atoms with Crippen molar-refractivity contribution in [3.05, 3.63) is 89.5 Å². The molecule has 0 radical (unpaired) electrons. The smallest absolute Gasteiger partial charge is 0.460 e. The minimum absolute atomic E-state index is 0.0262. The lowest BCUT2D eigenvalue weighted by molar-refractivity contribution is -0.161. The number of benzene rings is 3. The van der Waals surface area contributed by atoms with E-state index in [9.17, 15) is 28.1 Å². The highest BCUT2D eigenvalue weighted by Crippen LogP contribution is 2.45. The molecule has 348 valence electrons. The minimum Gasteiger partial charge on any atom is -0.460 e. The number of esters is 3. The highest BCUT2D eigenvalue weighted by molar-refractivity contribution is 7.47. The maximum absolute atomic E-state index is 12.3. The molecule has 0 aliphatic carbocycles. The van der Waals surface area contributed by atoms with E-state index in [4.69, 9.17) is 48.1 Å². The molecular formula is C41H61O18P3. The van der Waals surface area contributed by atoms with Gasteiger partial charge in [-0.2, -0.15) is 0 Å². The quantitative estimate of drug-likeness (QED) is 0.0538. The first-order valence-corrected chi connectivity index (χ1v) is 23.5. The van der Waals surface area contributed by atoms with E-state index in [2.05, 4.69) is 9.05 Å². The molecule has 0 unspecified atom stereocenters. The Labute approximate surface area is 363 Å². The third kappa shape index (κ3) is 22.8. The summed E-state index contributed by atoms with van der Waals surface area (Å²) < 4.78 is 62.6. The molecule has 0 saturated carbocycles. The first-order valence-electron chi connectivity index (χ1n) is 18.9. The van der Waals surface area contributed by atoms with Crippen LogP contribution in [0, 0.1) is 0 Å². The molecule has 0 bridgehead atoms. The van der Waals surface area contributed by atoms with Crippen molar-refractivity contribution in [2.24, 2.45) is 0 Å². The van der Waals surface area contributed by atoms with Crippen molar-refractivity contribution in [3.63, 3.8) is 0 Å². The highest BCUT2D eigenvalue weighted by Gasteiger charge is 2.38. The second-order valence-corrected chi connectivity index (χ2v) is 21.4.